The van der Waals surface area contributed by atoms with Crippen molar-refractivity contribution in [1.82, 2.24) is 5.32 Å². The lowest BCUT2D eigenvalue weighted by Gasteiger charge is -2.34. The Hall–Kier alpha value is -0.650. The maximum atomic E-state index is 11.8. The number of carbonyl (C=O) groups excluding carboxylic acids is 1. The Morgan fingerprint density at radius 2 is 2.14 bits per heavy atom. The molecule has 4 N–H and O–H groups in total. The van der Waals surface area contributed by atoms with Gasteiger partial charge in [0.25, 0.3) is 0 Å². The van der Waals surface area contributed by atoms with Crippen molar-refractivity contribution in [2.45, 2.75) is 12.8 Å². The topological polar surface area (TPSA) is 84.6 Å². The third-order valence-corrected chi connectivity index (χ3v) is 2.72. The number of amides is 1. The number of nitrogens with one attached hydrogen (secondary N) is 1. The second-order valence-electron chi connectivity index (χ2n) is 3.58. The third kappa shape index (κ3) is 2.43. The standard InChI is InChI=1S/C9H18N2O3/c10-7-9(1-5-14-6-2-9)8(13)11-3-4-12/h12H,1-7,10H2,(H,11,13). The van der Waals surface area contributed by atoms with E-state index in [9.17, 15) is 4.79 Å². The molecular formula is C9H18N2O3. The molecule has 1 aliphatic rings. The van der Waals surface area contributed by atoms with Crippen LogP contribution < -0.4 is 11.1 Å². The minimum atomic E-state index is -0.479. The fourth-order valence-corrected chi connectivity index (χ4v) is 1.64. The highest BCUT2D eigenvalue weighted by atomic mass is 16.5. The minimum Gasteiger partial charge on any atom is -0.395 e. The number of hydrogen-bond acceptors (Lipinski definition) is 4. The molecule has 0 atom stereocenters. The summed E-state index contributed by atoms with van der Waals surface area (Å²) >= 11 is 0. The molecule has 5 nitrogen and oxygen atoms in total. The monoisotopic (exact) mass is 202 g/mol. The van der Waals surface area contributed by atoms with E-state index in [0.717, 1.165) is 0 Å². The Morgan fingerprint density at radius 3 is 2.64 bits per heavy atom. The van der Waals surface area contributed by atoms with Gasteiger partial charge in [-0.1, -0.05) is 0 Å². The Morgan fingerprint density at radius 1 is 1.50 bits per heavy atom. The van der Waals surface area contributed by atoms with Gasteiger partial charge in [-0.05, 0) is 12.8 Å². The van der Waals surface area contributed by atoms with E-state index in [1.807, 2.05) is 0 Å². The molecule has 1 heterocycles. The van der Waals surface area contributed by atoms with Crippen molar-refractivity contribution in [3.05, 3.63) is 0 Å². The Balaban J connectivity index is 2.53. The lowest BCUT2D eigenvalue weighted by Crippen LogP contribution is -2.49. The van der Waals surface area contributed by atoms with Gasteiger partial charge in [0, 0.05) is 26.3 Å². The van der Waals surface area contributed by atoms with Crippen LogP contribution in [0.5, 0.6) is 0 Å². The van der Waals surface area contributed by atoms with Crippen molar-refractivity contribution in [3.63, 3.8) is 0 Å². The highest BCUT2D eigenvalue weighted by molar-refractivity contribution is 5.83. The molecule has 0 bridgehead atoms. The fraction of sp³-hybridized carbons (Fsp3) is 0.889. The first-order valence-electron chi connectivity index (χ1n) is 4.92. The number of ether oxygens (including phenoxy) is 1. The van der Waals surface area contributed by atoms with Gasteiger partial charge >= 0.3 is 0 Å². The smallest absolute Gasteiger partial charge is 0.227 e. The van der Waals surface area contributed by atoms with Crippen molar-refractivity contribution in [1.29, 1.82) is 0 Å². The summed E-state index contributed by atoms with van der Waals surface area (Å²) < 4.78 is 5.20. The molecule has 1 rings (SSSR count). The SMILES string of the molecule is NCC1(C(=O)NCCO)CCOCC1. The first-order chi connectivity index (χ1) is 6.75. The quantitative estimate of drug-likeness (QED) is 0.537. The van der Waals surface area contributed by atoms with Gasteiger partial charge in [-0.3, -0.25) is 4.79 Å². The van der Waals surface area contributed by atoms with Gasteiger partial charge in [0.1, 0.15) is 0 Å². The Bertz CT molecular complexity index is 190. The summed E-state index contributed by atoms with van der Waals surface area (Å²) in [5.41, 5.74) is 5.15. The van der Waals surface area contributed by atoms with Crippen molar-refractivity contribution in [3.8, 4) is 0 Å². The zero-order chi connectivity index (χ0) is 10.4. The molecule has 1 aliphatic heterocycles. The van der Waals surface area contributed by atoms with E-state index in [1.54, 1.807) is 0 Å². The molecule has 1 amide bonds. The van der Waals surface area contributed by atoms with Crippen molar-refractivity contribution in [2.75, 3.05) is 32.9 Å². The molecule has 0 radical (unpaired) electrons. The predicted molar refractivity (Wildman–Crippen MR) is 51.6 cm³/mol. The summed E-state index contributed by atoms with van der Waals surface area (Å²) in [6.45, 7) is 1.77. The van der Waals surface area contributed by atoms with Crippen molar-refractivity contribution >= 4 is 5.91 Å². The molecule has 1 saturated heterocycles. The largest absolute Gasteiger partial charge is 0.395 e. The molecule has 0 aliphatic carbocycles. The lowest BCUT2D eigenvalue weighted by molar-refractivity contribution is -0.136. The van der Waals surface area contributed by atoms with Gasteiger partial charge < -0.3 is 20.9 Å². The molecule has 0 unspecified atom stereocenters. The number of aliphatic hydroxyl groups excluding tert-OH is 1. The van der Waals surface area contributed by atoms with Gasteiger partial charge in [0.2, 0.25) is 5.91 Å². The Labute approximate surface area is 83.6 Å². The normalized spacial score (nSPS) is 20.4. The molecule has 0 aromatic carbocycles. The van der Waals surface area contributed by atoms with E-state index >= 15 is 0 Å². The second-order valence-corrected chi connectivity index (χ2v) is 3.58. The van der Waals surface area contributed by atoms with Crippen LogP contribution in [0.4, 0.5) is 0 Å². The molecule has 5 heteroatoms. The van der Waals surface area contributed by atoms with Crippen LogP contribution in [0.2, 0.25) is 0 Å². The van der Waals surface area contributed by atoms with E-state index in [0.29, 0.717) is 39.1 Å². The second kappa shape index (κ2) is 5.29. The van der Waals surface area contributed by atoms with Crippen LogP contribution in [0, 0.1) is 5.41 Å². The van der Waals surface area contributed by atoms with Crippen molar-refractivity contribution < 1.29 is 14.6 Å². The number of carbonyl (C=O) groups is 1. The number of hydrogen-bond donors (Lipinski definition) is 3. The molecule has 0 aromatic rings. The lowest BCUT2D eigenvalue weighted by atomic mass is 9.79. The van der Waals surface area contributed by atoms with Gasteiger partial charge in [-0.25, -0.2) is 0 Å². The molecule has 82 valence electrons. The average molecular weight is 202 g/mol. The predicted octanol–water partition coefficient (Wildman–Crippen LogP) is -1.15. The van der Waals surface area contributed by atoms with Crippen LogP contribution in [0.1, 0.15) is 12.8 Å². The summed E-state index contributed by atoms with van der Waals surface area (Å²) in [4.78, 5) is 11.8. The van der Waals surface area contributed by atoms with Crippen LogP contribution in [0.15, 0.2) is 0 Å². The van der Waals surface area contributed by atoms with E-state index < -0.39 is 5.41 Å². The number of aliphatic hydroxyl groups is 1. The van der Waals surface area contributed by atoms with Gasteiger partial charge in [0.15, 0.2) is 0 Å². The third-order valence-electron chi connectivity index (χ3n) is 2.72. The first kappa shape index (κ1) is 11.4. The molecule has 1 fully saturated rings. The van der Waals surface area contributed by atoms with Crippen LogP contribution in [0.3, 0.4) is 0 Å². The van der Waals surface area contributed by atoms with E-state index in [2.05, 4.69) is 5.32 Å². The van der Waals surface area contributed by atoms with E-state index in [4.69, 9.17) is 15.6 Å². The maximum Gasteiger partial charge on any atom is 0.227 e. The highest BCUT2D eigenvalue weighted by Crippen LogP contribution is 2.29. The minimum absolute atomic E-state index is 0.0388. The van der Waals surface area contributed by atoms with E-state index in [-0.39, 0.29) is 12.5 Å². The first-order valence-corrected chi connectivity index (χ1v) is 4.92. The van der Waals surface area contributed by atoms with Gasteiger partial charge in [-0.15, -0.1) is 0 Å². The molecule has 0 saturated carbocycles. The maximum absolute atomic E-state index is 11.8. The van der Waals surface area contributed by atoms with Crippen LogP contribution in [0.25, 0.3) is 0 Å². The number of rotatable bonds is 4. The molecule has 14 heavy (non-hydrogen) atoms. The average Bonchev–Trinajstić information content (AvgIpc) is 2.26. The van der Waals surface area contributed by atoms with Gasteiger partial charge in [0.05, 0.1) is 12.0 Å². The van der Waals surface area contributed by atoms with Crippen LogP contribution in [-0.4, -0.2) is 43.9 Å². The zero-order valence-electron chi connectivity index (χ0n) is 8.29. The van der Waals surface area contributed by atoms with E-state index in [1.165, 1.54) is 0 Å². The molecular weight excluding hydrogens is 184 g/mol. The van der Waals surface area contributed by atoms with Crippen LogP contribution >= 0.6 is 0 Å². The summed E-state index contributed by atoms with van der Waals surface area (Å²) in [6.07, 6.45) is 1.33. The summed E-state index contributed by atoms with van der Waals surface area (Å²) in [6, 6.07) is 0. The summed E-state index contributed by atoms with van der Waals surface area (Å²) in [5.74, 6) is -0.0580. The summed E-state index contributed by atoms with van der Waals surface area (Å²) in [5, 5.41) is 11.3. The Kier molecular flexibility index (Phi) is 4.31. The van der Waals surface area contributed by atoms with Crippen molar-refractivity contribution in [2.24, 2.45) is 11.1 Å². The van der Waals surface area contributed by atoms with Gasteiger partial charge in [-0.2, -0.15) is 0 Å². The summed E-state index contributed by atoms with van der Waals surface area (Å²) in [7, 11) is 0. The highest BCUT2D eigenvalue weighted by Gasteiger charge is 2.38. The zero-order valence-corrected chi connectivity index (χ0v) is 8.29. The molecule has 0 spiro atoms. The number of nitrogens with two attached hydrogens (primary N) is 1. The van der Waals surface area contributed by atoms with Crippen LogP contribution in [-0.2, 0) is 9.53 Å². The molecule has 0 aromatic heterocycles. The fourth-order valence-electron chi connectivity index (χ4n) is 1.64.